The number of ether oxygens (including phenoxy) is 3. The van der Waals surface area contributed by atoms with Gasteiger partial charge in [-0.05, 0) is 78.7 Å². The van der Waals surface area contributed by atoms with Crippen LogP contribution >= 0.6 is 11.8 Å². The second kappa shape index (κ2) is 20.4. The van der Waals surface area contributed by atoms with Crippen molar-refractivity contribution in [3.8, 4) is 11.5 Å². The Morgan fingerprint density at radius 1 is 0.966 bits per heavy atom. The van der Waals surface area contributed by atoms with E-state index in [1.54, 1.807) is 48.6 Å². The van der Waals surface area contributed by atoms with Gasteiger partial charge in [0.15, 0.2) is 0 Å². The highest BCUT2D eigenvalue weighted by molar-refractivity contribution is 8.00. The molecule has 1 fully saturated rings. The highest BCUT2D eigenvalue weighted by Gasteiger charge is 2.64. The number of rotatable bonds is 21. The summed E-state index contributed by atoms with van der Waals surface area (Å²) >= 11 is 1.79. The molecule has 0 unspecified atom stereocenters. The van der Waals surface area contributed by atoms with E-state index in [1.807, 2.05) is 48.5 Å². The summed E-state index contributed by atoms with van der Waals surface area (Å²) in [5.74, 6) is 0.616. The maximum atomic E-state index is 14.7. The van der Waals surface area contributed by atoms with Gasteiger partial charge in [-0.3, -0.25) is 9.97 Å². The molecule has 3 aliphatic rings. The largest absolute Gasteiger partial charge is 0.489 e. The average molecular weight is 808 g/mol. The average Bonchev–Trinajstić information content (AvgIpc) is 3.25. The minimum Gasteiger partial charge on any atom is -0.489 e. The molecule has 9 nitrogen and oxygen atoms in total. The third-order valence-corrected chi connectivity index (χ3v) is 12.9. The first-order valence-corrected chi connectivity index (χ1v) is 21.6. The van der Waals surface area contributed by atoms with E-state index < -0.39 is 5.79 Å². The highest BCUT2D eigenvalue weighted by Crippen LogP contribution is 2.62. The first-order chi connectivity index (χ1) is 28.5. The third kappa shape index (κ3) is 9.66. The summed E-state index contributed by atoms with van der Waals surface area (Å²) in [6, 6.07) is 22.6. The Balaban J connectivity index is 1.34. The zero-order chi connectivity index (χ0) is 40.2. The lowest BCUT2D eigenvalue weighted by Crippen LogP contribution is -2.64. The van der Waals surface area contributed by atoms with Crippen molar-refractivity contribution in [3.05, 3.63) is 144 Å². The monoisotopic (exact) mass is 807 g/mol. The lowest BCUT2D eigenvalue weighted by molar-refractivity contribution is -0.223. The van der Waals surface area contributed by atoms with Crippen LogP contribution in [0.1, 0.15) is 73.2 Å². The second-order valence-electron chi connectivity index (χ2n) is 15.2. The van der Waals surface area contributed by atoms with E-state index >= 15 is 0 Å². The lowest BCUT2D eigenvalue weighted by Gasteiger charge is -2.58. The Labute approximate surface area is 345 Å². The Morgan fingerprint density at radius 2 is 1.78 bits per heavy atom. The topological polar surface area (TPSA) is 116 Å². The molecular weight excluding hydrogens is 754 g/mol. The number of fused-ring (bicyclic) bond motifs is 2. The van der Waals surface area contributed by atoms with Crippen LogP contribution in [0.5, 0.6) is 11.5 Å². The van der Waals surface area contributed by atoms with Crippen molar-refractivity contribution in [1.29, 1.82) is 0 Å². The summed E-state index contributed by atoms with van der Waals surface area (Å²) in [5.41, 5.74) is 5.36. The molecule has 7 rings (SSSR count). The van der Waals surface area contributed by atoms with Gasteiger partial charge < -0.3 is 29.3 Å². The summed E-state index contributed by atoms with van der Waals surface area (Å²) in [4.78, 5) is 15.0. The van der Waals surface area contributed by atoms with Crippen LogP contribution in [0, 0.1) is 23.6 Å². The molecule has 4 aromatic rings. The number of benzene rings is 3. The smallest absolute Gasteiger partial charge is 0.230 e. The maximum absolute atomic E-state index is 14.7. The van der Waals surface area contributed by atoms with Crippen molar-refractivity contribution >= 4 is 17.5 Å². The summed E-state index contributed by atoms with van der Waals surface area (Å²) < 4.78 is 35.3. The summed E-state index contributed by atoms with van der Waals surface area (Å²) in [6.07, 6.45) is 15.5. The molecule has 0 radical (unpaired) electrons. The summed E-state index contributed by atoms with van der Waals surface area (Å²) in [5, 5.41) is 24.5. The predicted octanol–water partition coefficient (Wildman–Crippen LogP) is 9.00. The van der Waals surface area contributed by atoms with E-state index in [2.05, 4.69) is 28.7 Å². The van der Waals surface area contributed by atoms with Crippen molar-refractivity contribution in [3.63, 3.8) is 0 Å². The molecule has 1 aromatic heterocycles. The van der Waals surface area contributed by atoms with Crippen LogP contribution in [0.4, 0.5) is 4.39 Å². The Hall–Kier alpha value is -4.55. The van der Waals surface area contributed by atoms with Crippen molar-refractivity contribution in [1.82, 2.24) is 9.97 Å². The van der Waals surface area contributed by atoms with Gasteiger partial charge in [0.2, 0.25) is 5.79 Å². The Kier molecular flexibility index (Phi) is 14.7. The SMILES string of the molecule is C=CCO[C@@]12Oc3ccc(OCc4ccccc4F)cc3[C@H]3[C@H](CCCCO)[C@@H](CCCCO)C=C(C(=NOCc4ccccc4)C[C@@H]1SCCc1cnccn1)[C@H]32. The fraction of sp³-hybridized carbons (Fsp3) is 0.426. The van der Waals surface area contributed by atoms with Gasteiger partial charge in [0.05, 0.1) is 29.2 Å². The highest BCUT2D eigenvalue weighted by atomic mass is 32.2. The molecule has 58 heavy (non-hydrogen) atoms. The van der Waals surface area contributed by atoms with Crippen LogP contribution in [0.2, 0.25) is 0 Å². The molecule has 3 aromatic carbocycles. The molecule has 2 N–H and O–H groups in total. The minimum atomic E-state index is -1.09. The molecule has 1 saturated carbocycles. The quantitative estimate of drug-likeness (QED) is 0.0484. The molecule has 0 spiro atoms. The van der Waals surface area contributed by atoms with Gasteiger partial charge in [-0.1, -0.05) is 78.7 Å². The fourth-order valence-electron chi connectivity index (χ4n) is 8.87. The maximum Gasteiger partial charge on any atom is 0.230 e. The van der Waals surface area contributed by atoms with E-state index in [4.69, 9.17) is 24.2 Å². The Morgan fingerprint density at radius 3 is 2.55 bits per heavy atom. The number of unbranched alkanes of at least 4 members (excludes halogenated alkanes) is 2. The molecule has 0 bridgehead atoms. The molecule has 0 amide bonds. The van der Waals surface area contributed by atoms with Crippen LogP contribution in [0.25, 0.3) is 0 Å². The number of hydrogen-bond acceptors (Lipinski definition) is 10. The number of nitrogens with zero attached hydrogens (tertiary/aromatic N) is 3. The number of allylic oxidation sites excluding steroid dienone is 1. The first kappa shape index (κ1) is 41.6. The summed E-state index contributed by atoms with van der Waals surface area (Å²) in [7, 11) is 0. The van der Waals surface area contributed by atoms with E-state index in [0.29, 0.717) is 37.2 Å². The van der Waals surface area contributed by atoms with Gasteiger partial charge in [-0.25, -0.2) is 4.39 Å². The first-order valence-electron chi connectivity index (χ1n) is 20.5. The normalized spacial score (nSPS) is 23.9. The minimum absolute atomic E-state index is 0.0850. The van der Waals surface area contributed by atoms with Gasteiger partial charge in [0.25, 0.3) is 0 Å². The van der Waals surface area contributed by atoms with Crippen molar-refractivity contribution in [2.45, 2.75) is 81.5 Å². The standard InChI is InChI=1S/C47H54FN3O6S/c1-2-25-55-47-44(58-26-20-36-30-49-21-22-50-36)29-42(51-56-31-33-12-4-3-5-13-33)39-27-34(14-8-10-23-52)38(16-9-11-24-53)45(46(39)47)40-28-37(18-19-43(40)57-47)54-32-35-15-6-7-17-41(35)48/h2-7,12-13,15,17-19,21-22,27-28,30,34,38,44-46,52-53H,1,8-11,14,16,20,23-26,29,31-32H2/t34-,38+,44-,45+,46+,47+/m0/s1. The van der Waals surface area contributed by atoms with E-state index in [1.165, 1.54) is 6.07 Å². The fourth-order valence-corrected chi connectivity index (χ4v) is 10.2. The zero-order valence-electron chi connectivity index (χ0n) is 33.0. The molecule has 2 aliphatic carbocycles. The second-order valence-corrected chi connectivity index (χ2v) is 16.5. The summed E-state index contributed by atoms with van der Waals surface area (Å²) in [6.45, 7) is 5.00. The third-order valence-electron chi connectivity index (χ3n) is 11.5. The van der Waals surface area contributed by atoms with Gasteiger partial charge in [-0.2, -0.15) is 11.8 Å². The Bertz CT molecular complexity index is 2000. The van der Waals surface area contributed by atoms with Gasteiger partial charge >= 0.3 is 0 Å². The van der Waals surface area contributed by atoms with Gasteiger partial charge in [-0.15, -0.1) is 6.58 Å². The number of aliphatic hydroxyl groups excluding tert-OH is 2. The number of aryl methyl sites for hydroxylation is 1. The van der Waals surface area contributed by atoms with Crippen molar-refractivity contribution in [2.75, 3.05) is 25.6 Å². The van der Waals surface area contributed by atoms with Crippen molar-refractivity contribution in [2.24, 2.45) is 22.9 Å². The number of halogens is 1. The number of aliphatic hydroxyl groups is 2. The number of aromatic nitrogens is 2. The molecule has 1 aliphatic heterocycles. The zero-order valence-corrected chi connectivity index (χ0v) is 33.8. The van der Waals surface area contributed by atoms with Crippen LogP contribution in [0.3, 0.4) is 0 Å². The van der Waals surface area contributed by atoms with E-state index in [0.717, 1.165) is 71.7 Å². The van der Waals surface area contributed by atoms with E-state index in [-0.39, 0.29) is 61.2 Å². The molecular formula is C47H54FN3O6S. The molecule has 0 saturated heterocycles. The van der Waals surface area contributed by atoms with Crippen LogP contribution < -0.4 is 9.47 Å². The van der Waals surface area contributed by atoms with Crippen LogP contribution in [0.15, 0.2) is 121 Å². The molecule has 306 valence electrons. The van der Waals surface area contributed by atoms with Crippen LogP contribution in [-0.4, -0.2) is 62.5 Å². The molecule has 11 heteroatoms. The van der Waals surface area contributed by atoms with E-state index in [9.17, 15) is 14.6 Å². The van der Waals surface area contributed by atoms with Crippen LogP contribution in [-0.2, 0) is 29.2 Å². The number of oxime groups is 1. The number of hydrogen-bond donors (Lipinski definition) is 2. The molecule has 2 heterocycles. The lowest BCUT2D eigenvalue weighted by atomic mass is 9.56. The predicted molar refractivity (Wildman–Crippen MR) is 225 cm³/mol. The number of thioether (sulfide) groups is 1. The van der Waals surface area contributed by atoms with Gasteiger partial charge in [0.1, 0.15) is 30.5 Å². The van der Waals surface area contributed by atoms with Crippen molar-refractivity contribution < 1.29 is 33.7 Å². The van der Waals surface area contributed by atoms with Gasteiger partial charge in [0, 0.05) is 61.7 Å². The molecule has 6 atom stereocenters.